The smallest absolute Gasteiger partial charge is 0.322 e. The number of anilines is 1. The van der Waals surface area contributed by atoms with Gasteiger partial charge in [-0.2, -0.15) is 13.2 Å². The Hall–Kier alpha value is -2.37. The van der Waals surface area contributed by atoms with Gasteiger partial charge in [0, 0.05) is 5.69 Å². The van der Waals surface area contributed by atoms with Gasteiger partial charge in [0.15, 0.2) is 0 Å². The fraction of sp³-hybridized carbons (Fsp3) is 0.133. The summed E-state index contributed by atoms with van der Waals surface area (Å²) < 4.78 is 51.6. The van der Waals surface area contributed by atoms with Gasteiger partial charge in [-0.05, 0) is 36.8 Å². The van der Waals surface area contributed by atoms with Crippen molar-refractivity contribution in [3.63, 3.8) is 0 Å². The van der Waals surface area contributed by atoms with E-state index in [9.17, 15) is 22.4 Å². The van der Waals surface area contributed by atoms with Gasteiger partial charge in [-0.3, -0.25) is 4.79 Å². The van der Waals surface area contributed by atoms with Crippen LogP contribution in [0, 0.1) is 12.7 Å². The molecule has 2 rings (SSSR count). The van der Waals surface area contributed by atoms with Gasteiger partial charge in [0.05, 0.1) is 11.1 Å². The minimum absolute atomic E-state index is 0.386. The summed E-state index contributed by atoms with van der Waals surface area (Å²) in [5, 5.41) is 2.37. The van der Waals surface area contributed by atoms with E-state index in [2.05, 4.69) is 5.32 Å². The number of alkyl halides is 3. The Morgan fingerprint density at radius 3 is 2.38 bits per heavy atom. The van der Waals surface area contributed by atoms with Gasteiger partial charge in [-0.1, -0.05) is 18.2 Å². The highest BCUT2D eigenvalue weighted by Gasteiger charge is 2.35. The van der Waals surface area contributed by atoms with Crippen LogP contribution in [0.15, 0.2) is 42.5 Å². The SMILES string of the molecule is Cc1cccc(NC(=O)c2cccc(C(F)(F)F)c2F)c1. The van der Waals surface area contributed by atoms with Crippen molar-refractivity contribution in [3.8, 4) is 0 Å². The van der Waals surface area contributed by atoms with E-state index in [-0.39, 0.29) is 0 Å². The first kappa shape index (κ1) is 15.0. The van der Waals surface area contributed by atoms with Gasteiger partial charge < -0.3 is 5.32 Å². The van der Waals surface area contributed by atoms with Crippen LogP contribution in [0.4, 0.5) is 23.2 Å². The number of nitrogens with one attached hydrogen (secondary N) is 1. The first-order valence-electron chi connectivity index (χ1n) is 6.03. The number of benzene rings is 2. The lowest BCUT2D eigenvalue weighted by Crippen LogP contribution is -2.17. The summed E-state index contributed by atoms with van der Waals surface area (Å²) in [6.45, 7) is 1.79. The van der Waals surface area contributed by atoms with Crippen molar-refractivity contribution < 1.29 is 22.4 Å². The molecule has 0 saturated heterocycles. The first-order valence-corrected chi connectivity index (χ1v) is 6.03. The molecular formula is C15H11F4NO. The fourth-order valence-corrected chi connectivity index (χ4v) is 1.85. The van der Waals surface area contributed by atoms with Crippen molar-refractivity contribution in [2.45, 2.75) is 13.1 Å². The van der Waals surface area contributed by atoms with Gasteiger partial charge in [0.25, 0.3) is 5.91 Å². The van der Waals surface area contributed by atoms with Crippen LogP contribution in [0.1, 0.15) is 21.5 Å². The van der Waals surface area contributed by atoms with Gasteiger partial charge in [-0.15, -0.1) is 0 Å². The van der Waals surface area contributed by atoms with Crippen molar-refractivity contribution in [2.75, 3.05) is 5.32 Å². The van der Waals surface area contributed by atoms with E-state index < -0.39 is 29.0 Å². The molecule has 0 aromatic heterocycles. The Labute approximate surface area is 118 Å². The van der Waals surface area contributed by atoms with Crippen LogP contribution < -0.4 is 5.32 Å². The lowest BCUT2D eigenvalue weighted by Gasteiger charge is -2.11. The second kappa shape index (κ2) is 5.55. The number of hydrogen-bond acceptors (Lipinski definition) is 1. The highest BCUT2D eigenvalue weighted by molar-refractivity contribution is 6.04. The van der Waals surface area contributed by atoms with Gasteiger partial charge >= 0.3 is 6.18 Å². The summed E-state index contributed by atoms with van der Waals surface area (Å²) in [6, 6.07) is 9.26. The molecule has 0 bridgehead atoms. The Kier molecular flexibility index (Phi) is 3.97. The van der Waals surface area contributed by atoms with E-state index in [0.29, 0.717) is 11.8 Å². The normalized spacial score (nSPS) is 11.3. The maximum absolute atomic E-state index is 13.8. The molecule has 0 heterocycles. The molecule has 0 saturated carbocycles. The van der Waals surface area contributed by atoms with Gasteiger partial charge in [0.2, 0.25) is 0 Å². The summed E-state index contributed by atoms with van der Waals surface area (Å²) >= 11 is 0. The predicted octanol–water partition coefficient (Wildman–Crippen LogP) is 4.41. The third-order valence-electron chi connectivity index (χ3n) is 2.82. The van der Waals surface area contributed by atoms with E-state index in [1.54, 1.807) is 31.2 Å². The molecular weight excluding hydrogens is 286 g/mol. The van der Waals surface area contributed by atoms with Gasteiger partial charge in [-0.25, -0.2) is 4.39 Å². The topological polar surface area (TPSA) is 29.1 Å². The van der Waals surface area contributed by atoms with Crippen molar-refractivity contribution in [2.24, 2.45) is 0 Å². The minimum atomic E-state index is -4.84. The van der Waals surface area contributed by atoms with Crippen LogP contribution in [0.3, 0.4) is 0 Å². The molecule has 110 valence electrons. The molecule has 2 nitrogen and oxygen atoms in total. The monoisotopic (exact) mass is 297 g/mol. The molecule has 1 amide bonds. The Balaban J connectivity index is 2.32. The number of halogens is 4. The summed E-state index contributed by atoms with van der Waals surface area (Å²) in [6.07, 6.45) is -4.84. The van der Waals surface area contributed by atoms with Gasteiger partial charge in [0.1, 0.15) is 5.82 Å². The maximum atomic E-state index is 13.8. The summed E-state index contributed by atoms with van der Waals surface area (Å²) in [4.78, 5) is 11.9. The number of carbonyl (C=O) groups excluding carboxylic acids is 1. The van der Waals surface area contributed by atoms with Crippen LogP contribution in [0.5, 0.6) is 0 Å². The molecule has 0 atom stereocenters. The lowest BCUT2D eigenvalue weighted by atomic mass is 10.1. The quantitative estimate of drug-likeness (QED) is 0.818. The number of hydrogen-bond donors (Lipinski definition) is 1. The van der Waals surface area contributed by atoms with Crippen molar-refractivity contribution in [1.29, 1.82) is 0 Å². The highest BCUT2D eigenvalue weighted by atomic mass is 19.4. The number of amides is 1. The van der Waals surface area contributed by atoms with E-state index in [0.717, 1.165) is 17.7 Å². The summed E-state index contributed by atoms with van der Waals surface area (Å²) in [7, 11) is 0. The third kappa shape index (κ3) is 3.39. The molecule has 0 aliphatic carbocycles. The molecule has 6 heteroatoms. The minimum Gasteiger partial charge on any atom is -0.322 e. The van der Waals surface area contributed by atoms with Crippen LogP contribution in [0.25, 0.3) is 0 Å². The Morgan fingerprint density at radius 1 is 1.10 bits per heavy atom. The number of carbonyl (C=O) groups is 1. The average molecular weight is 297 g/mol. The molecule has 21 heavy (non-hydrogen) atoms. The number of aryl methyl sites for hydroxylation is 1. The largest absolute Gasteiger partial charge is 0.419 e. The lowest BCUT2D eigenvalue weighted by molar-refractivity contribution is -0.140. The Morgan fingerprint density at radius 2 is 1.76 bits per heavy atom. The molecule has 0 radical (unpaired) electrons. The molecule has 0 aliphatic heterocycles. The molecule has 2 aromatic carbocycles. The maximum Gasteiger partial charge on any atom is 0.419 e. The van der Waals surface area contributed by atoms with Crippen molar-refractivity contribution >= 4 is 11.6 Å². The second-order valence-corrected chi connectivity index (χ2v) is 4.49. The molecule has 0 unspecified atom stereocenters. The van der Waals surface area contributed by atoms with E-state index in [4.69, 9.17) is 0 Å². The molecule has 2 aromatic rings. The van der Waals surface area contributed by atoms with E-state index in [1.165, 1.54) is 0 Å². The molecule has 0 aliphatic rings. The van der Waals surface area contributed by atoms with E-state index >= 15 is 0 Å². The highest BCUT2D eigenvalue weighted by Crippen LogP contribution is 2.32. The first-order chi connectivity index (χ1) is 9.79. The summed E-state index contributed by atoms with van der Waals surface area (Å²) in [5.74, 6) is -2.50. The molecule has 1 N–H and O–H groups in total. The van der Waals surface area contributed by atoms with Crippen LogP contribution in [-0.2, 0) is 6.18 Å². The van der Waals surface area contributed by atoms with Crippen molar-refractivity contribution in [1.82, 2.24) is 0 Å². The van der Waals surface area contributed by atoms with E-state index in [1.807, 2.05) is 0 Å². The average Bonchev–Trinajstić information content (AvgIpc) is 2.37. The summed E-state index contributed by atoms with van der Waals surface area (Å²) in [5.41, 5.74) is -0.861. The molecule has 0 fully saturated rings. The molecule has 0 spiro atoms. The zero-order valence-corrected chi connectivity index (χ0v) is 11.0. The van der Waals surface area contributed by atoms with Crippen LogP contribution >= 0.6 is 0 Å². The third-order valence-corrected chi connectivity index (χ3v) is 2.82. The van der Waals surface area contributed by atoms with Crippen molar-refractivity contribution in [3.05, 3.63) is 65.0 Å². The predicted molar refractivity (Wildman–Crippen MR) is 70.5 cm³/mol. The Bertz CT molecular complexity index is 680. The zero-order chi connectivity index (χ0) is 15.6. The zero-order valence-electron chi connectivity index (χ0n) is 11.0. The van der Waals surface area contributed by atoms with Crippen LogP contribution in [0.2, 0.25) is 0 Å². The second-order valence-electron chi connectivity index (χ2n) is 4.49. The van der Waals surface area contributed by atoms with Crippen LogP contribution in [-0.4, -0.2) is 5.91 Å². The standard InChI is InChI=1S/C15H11F4NO/c1-9-4-2-5-10(8-9)20-14(21)11-6-3-7-12(13(11)16)15(17,18)19/h2-8H,1H3,(H,20,21). The fourth-order valence-electron chi connectivity index (χ4n) is 1.85. The number of rotatable bonds is 2.